The number of thiazole rings is 1. The van der Waals surface area contributed by atoms with Crippen molar-refractivity contribution in [2.45, 2.75) is 50.6 Å². The molecule has 1 saturated heterocycles. The molecule has 1 aliphatic rings. The first kappa shape index (κ1) is 22.9. The normalized spacial score (nSPS) is 17.7. The van der Waals surface area contributed by atoms with Gasteiger partial charge in [-0.15, -0.1) is 11.3 Å². The van der Waals surface area contributed by atoms with Gasteiger partial charge >= 0.3 is 15.5 Å². The third-order valence-corrected chi connectivity index (χ3v) is 7.08. The smallest absolute Gasteiger partial charge is 0.356 e. The van der Waals surface area contributed by atoms with Crippen LogP contribution in [-0.2, 0) is 16.4 Å². The van der Waals surface area contributed by atoms with Gasteiger partial charge in [0.1, 0.15) is 0 Å². The lowest BCUT2D eigenvalue weighted by molar-refractivity contribution is -0.0494. The zero-order valence-electron chi connectivity index (χ0n) is 15.9. The molecule has 0 radical (unpaired) electrons. The molecule has 12 heteroatoms. The first-order valence-electron chi connectivity index (χ1n) is 9.08. The highest BCUT2D eigenvalue weighted by Gasteiger charge is 2.50. The second-order valence-electron chi connectivity index (χ2n) is 6.61. The number of alkyl halides is 3. The Hall–Kier alpha value is -1.40. The van der Waals surface area contributed by atoms with Crippen LogP contribution < -0.4 is 10.6 Å². The maximum absolute atomic E-state index is 12.6. The number of rotatable bonds is 7. The van der Waals surface area contributed by atoms with E-state index in [0.717, 1.165) is 30.0 Å². The highest BCUT2D eigenvalue weighted by molar-refractivity contribution is 7.90. The van der Waals surface area contributed by atoms with Crippen molar-refractivity contribution in [3.05, 3.63) is 16.1 Å². The number of aliphatic imine (C=N–C) groups is 1. The number of guanidine groups is 1. The fraction of sp³-hybridized carbons (Fsp3) is 0.750. The summed E-state index contributed by atoms with van der Waals surface area (Å²) in [6.07, 6.45) is 3.43. The Morgan fingerprint density at radius 3 is 2.57 bits per heavy atom. The van der Waals surface area contributed by atoms with E-state index in [0.29, 0.717) is 29.7 Å². The van der Waals surface area contributed by atoms with Gasteiger partial charge in [0.05, 0.1) is 5.01 Å². The second kappa shape index (κ2) is 9.88. The van der Waals surface area contributed by atoms with Crippen LogP contribution in [0, 0.1) is 6.92 Å². The molecule has 0 aromatic carbocycles. The van der Waals surface area contributed by atoms with Gasteiger partial charge in [-0.2, -0.15) is 17.5 Å². The van der Waals surface area contributed by atoms with Gasteiger partial charge in [0, 0.05) is 43.8 Å². The number of halogens is 3. The third kappa shape index (κ3) is 6.31. The largest absolute Gasteiger partial charge is 0.511 e. The van der Waals surface area contributed by atoms with Crippen LogP contribution in [-0.4, -0.2) is 61.9 Å². The predicted octanol–water partition coefficient (Wildman–Crippen LogP) is 2.25. The van der Waals surface area contributed by atoms with E-state index >= 15 is 0 Å². The van der Waals surface area contributed by atoms with E-state index in [1.807, 2.05) is 12.3 Å². The van der Waals surface area contributed by atoms with E-state index in [2.05, 4.69) is 20.6 Å². The Bertz CT molecular complexity index is 757. The SMILES string of the molecule is CN=C(NCCCCc1nc(C)cs1)NC1CCN(S(=O)(=O)C(F)(F)F)CC1. The van der Waals surface area contributed by atoms with Gasteiger partial charge in [0.25, 0.3) is 0 Å². The quantitative estimate of drug-likeness (QED) is 0.385. The van der Waals surface area contributed by atoms with Crippen molar-refractivity contribution in [2.75, 3.05) is 26.7 Å². The Labute approximate surface area is 167 Å². The molecule has 0 bridgehead atoms. The molecular weight excluding hydrogens is 415 g/mol. The van der Waals surface area contributed by atoms with Crippen LogP contribution in [0.25, 0.3) is 0 Å². The van der Waals surface area contributed by atoms with Gasteiger partial charge in [-0.25, -0.2) is 13.4 Å². The number of hydrogen-bond donors (Lipinski definition) is 2. The van der Waals surface area contributed by atoms with Crippen molar-refractivity contribution in [3.63, 3.8) is 0 Å². The monoisotopic (exact) mass is 441 g/mol. The Morgan fingerprint density at radius 2 is 2.04 bits per heavy atom. The predicted molar refractivity (Wildman–Crippen MR) is 104 cm³/mol. The van der Waals surface area contributed by atoms with Crippen molar-refractivity contribution in [1.29, 1.82) is 0 Å². The average molecular weight is 442 g/mol. The van der Waals surface area contributed by atoms with Crippen molar-refractivity contribution in [1.82, 2.24) is 19.9 Å². The number of sulfonamides is 1. The number of aryl methyl sites for hydroxylation is 2. The van der Waals surface area contributed by atoms with Crippen molar-refractivity contribution < 1.29 is 21.6 Å². The molecule has 1 aromatic heterocycles. The van der Waals surface area contributed by atoms with Crippen LogP contribution in [0.15, 0.2) is 10.4 Å². The molecule has 2 N–H and O–H groups in total. The minimum Gasteiger partial charge on any atom is -0.356 e. The second-order valence-corrected chi connectivity index (χ2v) is 9.48. The Balaban J connectivity index is 1.68. The van der Waals surface area contributed by atoms with Gasteiger partial charge in [-0.05, 0) is 39.0 Å². The Kier molecular flexibility index (Phi) is 8.07. The molecular formula is C16H26F3N5O2S2. The van der Waals surface area contributed by atoms with E-state index in [1.165, 1.54) is 0 Å². The van der Waals surface area contributed by atoms with Gasteiger partial charge in [0.2, 0.25) is 0 Å². The third-order valence-electron chi connectivity index (χ3n) is 4.43. The van der Waals surface area contributed by atoms with Crippen molar-refractivity contribution in [3.8, 4) is 0 Å². The van der Waals surface area contributed by atoms with Gasteiger partial charge in [-0.3, -0.25) is 4.99 Å². The minimum absolute atomic E-state index is 0.121. The zero-order valence-corrected chi connectivity index (χ0v) is 17.6. The molecule has 0 amide bonds. The molecule has 28 heavy (non-hydrogen) atoms. The molecule has 0 spiro atoms. The summed E-state index contributed by atoms with van der Waals surface area (Å²) in [4.78, 5) is 8.54. The first-order valence-corrected chi connectivity index (χ1v) is 11.4. The maximum atomic E-state index is 12.6. The standard InChI is InChI=1S/C16H26F3N5O2S2/c1-12-11-27-14(22-12)5-3-4-8-21-15(20-2)23-13-6-9-24(10-7-13)28(25,26)16(17,18)19/h11,13H,3-10H2,1-2H3,(H2,20,21,23). The first-order chi connectivity index (χ1) is 13.1. The summed E-state index contributed by atoms with van der Waals surface area (Å²) in [7, 11) is -3.62. The van der Waals surface area contributed by atoms with Crippen LogP contribution in [0.2, 0.25) is 0 Å². The van der Waals surface area contributed by atoms with Crippen LogP contribution >= 0.6 is 11.3 Å². The fourth-order valence-corrected chi connectivity index (χ4v) is 4.70. The summed E-state index contributed by atoms with van der Waals surface area (Å²) < 4.78 is 61.2. The molecule has 1 aliphatic heterocycles. The van der Waals surface area contributed by atoms with E-state index in [1.54, 1.807) is 18.4 Å². The lowest BCUT2D eigenvalue weighted by atomic mass is 10.1. The van der Waals surface area contributed by atoms with Crippen LogP contribution in [0.1, 0.15) is 36.4 Å². The molecule has 7 nitrogen and oxygen atoms in total. The lowest BCUT2D eigenvalue weighted by Gasteiger charge is -2.32. The van der Waals surface area contributed by atoms with Crippen molar-refractivity contribution >= 4 is 27.3 Å². The summed E-state index contributed by atoms with van der Waals surface area (Å²) in [6.45, 7) is 2.36. The van der Waals surface area contributed by atoms with E-state index in [9.17, 15) is 21.6 Å². The number of hydrogen-bond acceptors (Lipinski definition) is 5. The van der Waals surface area contributed by atoms with E-state index in [-0.39, 0.29) is 19.1 Å². The van der Waals surface area contributed by atoms with Crippen LogP contribution in [0.4, 0.5) is 13.2 Å². The summed E-state index contributed by atoms with van der Waals surface area (Å²) in [6, 6.07) is -0.121. The molecule has 1 fully saturated rings. The molecule has 0 aliphatic carbocycles. The van der Waals surface area contributed by atoms with E-state index < -0.39 is 15.5 Å². The molecule has 1 aromatic rings. The topological polar surface area (TPSA) is 86.7 Å². The molecule has 0 saturated carbocycles. The van der Waals surface area contributed by atoms with Crippen LogP contribution in [0.5, 0.6) is 0 Å². The number of nitrogens with zero attached hydrogens (tertiary/aromatic N) is 3. The summed E-state index contributed by atoms with van der Waals surface area (Å²) in [5.41, 5.74) is -4.21. The molecule has 0 atom stereocenters. The number of nitrogens with one attached hydrogen (secondary N) is 2. The highest BCUT2D eigenvalue weighted by Crippen LogP contribution is 2.28. The lowest BCUT2D eigenvalue weighted by Crippen LogP contribution is -2.51. The number of aromatic nitrogens is 1. The van der Waals surface area contributed by atoms with Crippen LogP contribution in [0.3, 0.4) is 0 Å². The van der Waals surface area contributed by atoms with E-state index in [4.69, 9.17) is 0 Å². The molecule has 160 valence electrons. The highest BCUT2D eigenvalue weighted by atomic mass is 32.2. The molecule has 0 unspecified atom stereocenters. The summed E-state index contributed by atoms with van der Waals surface area (Å²) >= 11 is 1.66. The summed E-state index contributed by atoms with van der Waals surface area (Å²) in [5.74, 6) is 0.572. The zero-order chi connectivity index (χ0) is 20.8. The van der Waals surface area contributed by atoms with Gasteiger partial charge in [-0.1, -0.05) is 0 Å². The molecule has 2 rings (SSSR count). The molecule has 2 heterocycles. The fourth-order valence-electron chi connectivity index (χ4n) is 2.90. The van der Waals surface area contributed by atoms with Gasteiger partial charge < -0.3 is 10.6 Å². The Morgan fingerprint density at radius 1 is 1.36 bits per heavy atom. The average Bonchev–Trinajstić information content (AvgIpc) is 3.05. The number of unbranched alkanes of at least 4 members (excludes halogenated alkanes) is 1. The number of piperidine rings is 1. The van der Waals surface area contributed by atoms with Gasteiger partial charge in [0.15, 0.2) is 5.96 Å². The van der Waals surface area contributed by atoms with Crippen molar-refractivity contribution in [2.24, 2.45) is 4.99 Å². The summed E-state index contributed by atoms with van der Waals surface area (Å²) in [5, 5.41) is 9.50. The maximum Gasteiger partial charge on any atom is 0.511 e. The minimum atomic E-state index is -5.25.